The Morgan fingerprint density at radius 2 is 1.74 bits per heavy atom. The first-order valence-corrected chi connectivity index (χ1v) is 8.66. The molecule has 0 amide bonds. The van der Waals surface area contributed by atoms with Crippen molar-refractivity contribution in [2.75, 3.05) is 14.2 Å². The van der Waals surface area contributed by atoms with Crippen LogP contribution in [0.2, 0.25) is 10.0 Å². The molecule has 0 saturated carbocycles. The minimum Gasteiger partial charge on any atom is -0.497 e. The van der Waals surface area contributed by atoms with Gasteiger partial charge in [-0.1, -0.05) is 35.3 Å². The highest BCUT2D eigenvalue weighted by molar-refractivity contribution is 6.37. The van der Waals surface area contributed by atoms with Gasteiger partial charge in [-0.3, -0.25) is 5.10 Å². The van der Waals surface area contributed by atoms with Gasteiger partial charge >= 0.3 is 5.97 Å². The molecule has 6 nitrogen and oxygen atoms in total. The third kappa shape index (κ3) is 4.35. The molecule has 1 aromatic heterocycles. The molecule has 0 fully saturated rings. The average molecular weight is 407 g/mol. The van der Waals surface area contributed by atoms with Crippen molar-refractivity contribution in [1.29, 1.82) is 0 Å². The number of benzene rings is 2. The van der Waals surface area contributed by atoms with Crippen LogP contribution in [-0.4, -0.2) is 30.4 Å². The zero-order valence-corrected chi connectivity index (χ0v) is 16.1. The van der Waals surface area contributed by atoms with E-state index in [9.17, 15) is 4.79 Å². The molecule has 3 rings (SSSR count). The van der Waals surface area contributed by atoms with Crippen molar-refractivity contribution in [3.63, 3.8) is 0 Å². The third-order valence-electron chi connectivity index (χ3n) is 3.82. The molecule has 0 aliphatic rings. The van der Waals surface area contributed by atoms with Gasteiger partial charge in [0.25, 0.3) is 0 Å². The highest BCUT2D eigenvalue weighted by Gasteiger charge is 2.15. The Morgan fingerprint density at radius 1 is 1.07 bits per heavy atom. The smallest absolute Gasteiger partial charge is 0.356 e. The number of hydrogen-bond acceptors (Lipinski definition) is 5. The second kappa shape index (κ2) is 8.33. The number of esters is 1. The molecule has 1 N–H and O–H groups in total. The molecule has 0 aliphatic heterocycles. The normalized spacial score (nSPS) is 10.5. The number of carbonyl (C=O) groups is 1. The molecule has 0 saturated heterocycles. The summed E-state index contributed by atoms with van der Waals surface area (Å²) >= 11 is 12.7. The summed E-state index contributed by atoms with van der Waals surface area (Å²) in [5, 5.41) is 7.38. The first-order chi connectivity index (χ1) is 13.0. The van der Waals surface area contributed by atoms with Crippen LogP contribution in [0.1, 0.15) is 16.1 Å². The zero-order chi connectivity index (χ0) is 19.4. The summed E-state index contributed by atoms with van der Waals surface area (Å²) in [5.74, 6) is 0.636. The van der Waals surface area contributed by atoms with Crippen LogP contribution >= 0.6 is 23.2 Å². The van der Waals surface area contributed by atoms with Gasteiger partial charge in [-0.2, -0.15) is 5.10 Å². The molecule has 0 spiro atoms. The van der Waals surface area contributed by atoms with Gasteiger partial charge in [0, 0.05) is 5.56 Å². The van der Waals surface area contributed by atoms with Crippen molar-refractivity contribution < 1.29 is 19.0 Å². The van der Waals surface area contributed by atoms with Gasteiger partial charge in [0.1, 0.15) is 18.1 Å². The number of aromatic amines is 1. The number of H-pyrrole nitrogens is 1. The quantitative estimate of drug-likeness (QED) is 0.597. The second-order valence-corrected chi connectivity index (χ2v) is 6.38. The predicted molar refractivity (Wildman–Crippen MR) is 103 cm³/mol. The molecule has 140 valence electrons. The monoisotopic (exact) mass is 406 g/mol. The number of hydrogen-bond donors (Lipinski definition) is 1. The van der Waals surface area contributed by atoms with Gasteiger partial charge in [-0.05, 0) is 35.9 Å². The largest absolute Gasteiger partial charge is 0.497 e. The fraction of sp³-hybridized carbons (Fsp3) is 0.158. The molecule has 0 aliphatic carbocycles. The molecule has 0 atom stereocenters. The van der Waals surface area contributed by atoms with E-state index in [0.717, 1.165) is 11.3 Å². The van der Waals surface area contributed by atoms with Crippen molar-refractivity contribution in [3.05, 3.63) is 63.8 Å². The highest BCUT2D eigenvalue weighted by atomic mass is 35.5. The zero-order valence-electron chi connectivity index (χ0n) is 14.6. The summed E-state index contributed by atoms with van der Waals surface area (Å²) in [7, 11) is 2.91. The van der Waals surface area contributed by atoms with Crippen LogP contribution in [0.15, 0.2) is 42.5 Å². The van der Waals surface area contributed by atoms with Crippen LogP contribution < -0.4 is 9.47 Å². The lowest BCUT2D eigenvalue weighted by Gasteiger charge is -2.11. The Morgan fingerprint density at radius 3 is 2.33 bits per heavy atom. The molecule has 27 heavy (non-hydrogen) atoms. The summed E-state index contributed by atoms with van der Waals surface area (Å²) < 4.78 is 15.6. The SMILES string of the molecule is COC(=O)c1cc(-c2cc(Cl)c(OCc3ccc(OC)cc3)c(Cl)c2)n[nH]1. The number of nitrogens with zero attached hydrogens (tertiary/aromatic N) is 1. The van der Waals surface area contributed by atoms with Crippen LogP contribution in [0.5, 0.6) is 11.5 Å². The van der Waals surface area contributed by atoms with Crippen LogP contribution in [0, 0.1) is 0 Å². The van der Waals surface area contributed by atoms with E-state index in [1.807, 2.05) is 24.3 Å². The van der Waals surface area contributed by atoms with Gasteiger partial charge in [0.15, 0.2) is 5.75 Å². The number of nitrogens with one attached hydrogen (secondary N) is 1. The fourth-order valence-corrected chi connectivity index (χ4v) is 3.00. The summed E-state index contributed by atoms with van der Waals surface area (Å²) in [6.07, 6.45) is 0. The van der Waals surface area contributed by atoms with E-state index in [0.29, 0.717) is 33.7 Å². The number of carbonyl (C=O) groups excluding carboxylic acids is 1. The standard InChI is InChI=1S/C19H16Cl2N2O4/c1-25-13-5-3-11(4-6-13)10-27-18-14(20)7-12(8-15(18)21)16-9-17(23-22-16)19(24)26-2/h3-9H,10H2,1-2H3,(H,22,23). The lowest BCUT2D eigenvalue weighted by molar-refractivity contribution is 0.0594. The van der Waals surface area contributed by atoms with E-state index in [-0.39, 0.29) is 5.69 Å². The minimum atomic E-state index is -0.509. The first kappa shape index (κ1) is 19.1. The van der Waals surface area contributed by atoms with E-state index >= 15 is 0 Å². The highest BCUT2D eigenvalue weighted by Crippen LogP contribution is 2.37. The van der Waals surface area contributed by atoms with E-state index < -0.39 is 5.97 Å². The minimum absolute atomic E-state index is 0.236. The predicted octanol–water partition coefficient (Wildman–Crippen LogP) is 4.76. The topological polar surface area (TPSA) is 73.4 Å². The molecule has 0 bridgehead atoms. The number of aromatic nitrogens is 2. The molecular formula is C19H16Cl2N2O4. The number of halogens is 2. The van der Waals surface area contributed by atoms with Gasteiger partial charge in [-0.25, -0.2) is 4.79 Å². The summed E-state index contributed by atoms with van der Waals surface area (Å²) in [6, 6.07) is 12.4. The molecular weight excluding hydrogens is 391 g/mol. The first-order valence-electron chi connectivity index (χ1n) is 7.90. The van der Waals surface area contributed by atoms with Crippen molar-refractivity contribution in [2.24, 2.45) is 0 Å². The summed E-state index contributed by atoms with van der Waals surface area (Å²) in [4.78, 5) is 11.5. The summed E-state index contributed by atoms with van der Waals surface area (Å²) in [5.41, 5.74) is 2.34. The van der Waals surface area contributed by atoms with E-state index in [2.05, 4.69) is 14.9 Å². The van der Waals surface area contributed by atoms with Gasteiger partial charge in [-0.15, -0.1) is 0 Å². The van der Waals surface area contributed by atoms with Crippen LogP contribution in [-0.2, 0) is 11.3 Å². The van der Waals surface area contributed by atoms with Gasteiger partial charge in [0.05, 0.1) is 30.0 Å². The molecule has 3 aromatic rings. The molecule has 0 unspecified atom stereocenters. The van der Waals surface area contributed by atoms with Gasteiger partial charge < -0.3 is 14.2 Å². The number of methoxy groups -OCH3 is 2. The maximum atomic E-state index is 11.5. The van der Waals surface area contributed by atoms with Crippen molar-refractivity contribution in [3.8, 4) is 22.8 Å². The van der Waals surface area contributed by atoms with Crippen molar-refractivity contribution >= 4 is 29.2 Å². The van der Waals surface area contributed by atoms with Crippen LogP contribution in [0.4, 0.5) is 0 Å². The molecule has 0 radical (unpaired) electrons. The lowest BCUT2D eigenvalue weighted by Crippen LogP contribution is -2.00. The Hall–Kier alpha value is -2.70. The van der Waals surface area contributed by atoms with E-state index in [1.54, 1.807) is 25.3 Å². The third-order valence-corrected chi connectivity index (χ3v) is 4.38. The Bertz CT molecular complexity index is 932. The van der Waals surface area contributed by atoms with Gasteiger partial charge in [0.2, 0.25) is 0 Å². The molecule has 1 heterocycles. The number of rotatable bonds is 6. The van der Waals surface area contributed by atoms with E-state index in [4.69, 9.17) is 32.7 Å². The van der Waals surface area contributed by atoms with Crippen LogP contribution in [0.25, 0.3) is 11.3 Å². The Kier molecular flexibility index (Phi) is 5.88. The maximum Gasteiger partial charge on any atom is 0.356 e. The summed E-state index contributed by atoms with van der Waals surface area (Å²) in [6.45, 7) is 0.303. The van der Waals surface area contributed by atoms with Crippen molar-refractivity contribution in [2.45, 2.75) is 6.61 Å². The average Bonchev–Trinajstić information content (AvgIpc) is 3.17. The number of ether oxygens (including phenoxy) is 3. The second-order valence-electron chi connectivity index (χ2n) is 5.56. The Balaban J connectivity index is 1.78. The van der Waals surface area contributed by atoms with Crippen LogP contribution in [0.3, 0.4) is 0 Å². The Labute approximate surface area is 166 Å². The molecule has 2 aromatic carbocycles. The fourth-order valence-electron chi connectivity index (χ4n) is 2.41. The van der Waals surface area contributed by atoms with Crippen molar-refractivity contribution in [1.82, 2.24) is 10.2 Å². The van der Waals surface area contributed by atoms with E-state index in [1.165, 1.54) is 7.11 Å². The maximum absolute atomic E-state index is 11.5. The lowest BCUT2D eigenvalue weighted by atomic mass is 10.1. The molecule has 8 heteroatoms.